The smallest absolute Gasteiger partial charge is 0.290 e. The van der Waals surface area contributed by atoms with Gasteiger partial charge in [-0.15, -0.1) is 0 Å². The fourth-order valence-electron chi connectivity index (χ4n) is 3.88. The minimum Gasteiger partial charge on any atom is -0.366 e. The van der Waals surface area contributed by atoms with E-state index in [1.54, 1.807) is 19.2 Å². The highest BCUT2D eigenvalue weighted by Gasteiger charge is 2.26. The summed E-state index contributed by atoms with van der Waals surface area (Å²) in [6.45, 7) is 1.55. The molecule has 2 aromatic carbocycles. The molecule has 2 heterocycles. The van der Waals surface area contributed by atoms with Gasteiger partial charge >= 0.3 is 0 Å². The van der Waals surface area contributed by atoms with Gasteiger partial charge in [-0.25, -0.2) is 4.68 Å². The van der Waals surface area contributed by atoms with Crippen LogP contribution in [0.4, 0.5) is 5.69 Å². The Morgan fingerprint density at radius 2 is 1.57 bits per heavy atom. The summed E-state index contributed by atoms with van der Waals surface area (Å²) < 4.78 is 1.35. The number of allylic oxidation sites excluding steroid dienone is 1. The van der Waals surface area contributed by atoms with Gasteiger partial charge in [-0.1, -0.05) is 66.7 Å². The molecule has 152 valence electrons. The number of carbonyl (C=O) groups excluding carboxylic acids is 1. The van der Waals surface area contributed by atoms with Gasteiger partial charge in [0.15, 0.2) is 5.78 Å². The third-order valence-electron chi connectivity index (χ3n) is 5.41. The molecular formula is C25H25N3O2. The van der Waals surface area contributed by atoms with Gasteiger partial charge in [-0.2, -0.15) is 5.10 Å². The number of anilines is 1. The molecule has 4 rings (SSSR count). The molecule has 1 aliphatic rings. The van der Waals surface area contributed by atoms with E-state index in [0.29, 0.717) is 16.9 Å². The molecule has 1 saturated heterocycles. The van der Waals surface area contributed by atoms with Crippen molar-refractivity contribution in [2.45, 2.75) is 19.3 Å². The predicted molar refractivity (Wildman–Crippen MR) is 121 cm³/mol. The molecule has 0 aliphatic carbocycles. The topological polar surface area (TPSA) is 55.2 Å². The van der Waals surface area contributed by atoms with Crippen molar-refractivity contribution in [3.63, 3.8) is 0 Å². The molecule has 3 aromatic rings. The van der Waals surface area contributed by atoms with Crippen LogP contribution in [0.25, 0.3) is 17.3 Å². The van der Waals surface area contributed by atoms with Gasteiger partial charge in [-0.3, -0.25) is 9.59 Å². The lowest BCUT2D eigenvalue weighted by Crippen LogP contribution is -2.38. The van der Waals surface area contributed by atoms with Crippen LogP contribution in [-0.2, 0) is 7.05 Å². The molecule has 0 spiro atoms. The molecule has 0 saturated carbocycles. The van der Waals surface area contributed by atoms with Gasteiger partial charge in [-0.05, 0) is 30.9 Å². The van der Waals surface area contributed by atoms with E-state index in [4.69, 9.17) is 0 Å². The number of aryl methyl sites for hydroxylation is 1. The second kappa shape index (κ2) is 8.91. The highest BCUT2D eigenvalue weighted by atomic mass is 16.1. The molecule has 1 aromatic heterocycles. The average molecular weight is 399 g/mol. The Morgan fingerprint density at radius 3 is 2.23 bits per heavy atom. The van der Waals surface area contributed by atoms with Crippen molar-refractivity contribution < 1.29 is 4.79 Å². The Balaban J connectivity index is 1.88. The van der Waals surface area contributed by atoms with Crippen LogP contribution in [-0.4, -0.2) is 28.7 Å². The van der Waals surface area contributed by atoms with Crippen molar-refractivity contribution in [3.05, 3.63) is 88.2 Å². The highest BCUT2D eigenvalue weighted by Crippen LogP contribution is 2.29. The zero-order valence-electron chi connectivity index (χ0n) is 17.1. The molecule has 1 fully saturated rings. The molecule has 0 N–H and O–H groups in total. The van der Waals surface area contributed by atoms with Gasteiger partial charge in [0.25, 0.3) is 5.56 Å². The van der Waals surface area contributed by atoms with Crippen molar-refractivity contribution in [1.29, 1.82) is 0 Å². The van der Waals surface area contributed by atoms with Gasteiger partial charge in [0.2, 0.25) is 0 Å². The molecule has 30 heavy (non-hydrogen) atoms. The summed E-state index contributed by atoms with van der Waals surface area (Å²) in [5.74, 6) is -0.205. The SMILES string of the molecule is Cn1nc(-c2ccccc2)c(C(=O)/C=C\c2ccccc2)c(N2CCCCC2)c1=O. The van der Waals surface area contributed by atoms with Crippen LogP contribution in [0.15, 0.2) is 71.5 Å². The maximum Gasteiger partial charge on any atom is 0.290 e. The van der Waals surface area contributed by atoms with Gasteiger partial charge in [0, 0.05) is 25.7 Å². The third kappa shape index (κ3) is 4.10. The Bertz CT molecular complexity index is 1110. The highest BCUT2D eigenvalue weighted by molar-refractivity contribution is 6.14. The van der Waals surface area contributed by atoms with Crippen LogP contribution < -0.4 is 10.5 Å². The second-order valence-corrected chi connectivity index (χ2v) is 7.52. The van der Waals surface area contributed by atoms with Crippen molar-refractivity contribution in [3.8, 4) is 11.3 Å². The predicted octanol–water partition coefficient (Wildman–Crippen LogP) is 4.33. The van der Waals surface area contributed by atoms with Crippen molar-refractivity contribution in [1.82, 2.24) is 9.78 Å². The van der Waals surface area contributed by atoms with Crippen LogP contribution in [0.2, 0.25) is 0 Å². The molecule has 0 bridgehead atoms. The first-order valence-electron chi connectivity index (χ1n) is 10.3. The fraction of sp³-hybridized carbons (Fsp3) is 0.240. The molecule has 5 nitrogen and oxygen atoms in total. The van der Waals surface area contributed by atoms with Crippen molar-refractivity contribution >= 4 is 17.5 Å². The number of hydrogen-bond acceptors (Lipinski definition) is 4. The number of ketones is 1. The molecule has 0 atom stereocenters. The Kier molecular flexibility index (Phi) is 5.89. The largest absolute Gasteiger partial charge is 0.366 e. The lowest BCUT2D eigenvalue weighted by atomic mass is 9.99. The number of hydrogen-bond donors (Lipinski definition) is 0. The van der Waals surface area contributed by atoms with E-state index < -0.39 is 0 Å². The number of carbonyl (C=O) groups is 1. The van der Waals surface area contributed by atoms with E-state index in [1.807, 2.05) is 60.7 Å². The van der Waals surface area contributed by atoms with Crippen LogP contribution in [0.5, 0.6) is 0 Å². The van der Waals surface area contributed by atoms with Gasteiger partial charge in [0.05, 0.1) is 5.56 Å². The van der Waals surface area contributed by atoms with E-state index in [0.717, 1.165) is 43.5 Å². The molecule has 1 aliphatic heterocycles. The summed E-state index contributed by atoms with van der Waals surface area (Å²) in [6, 6.07) is 19.3. The van der Waals surface area contributed by atoms with E-state index in [1.165, 1.54) is 4.68 Å². The number of piperidine rings is 1. The minimum absolute atomic E-state index is 0.205. The normalized spacial score (nSPS) is 14.2. The average Bonchev–Trinajstić information content (AvgIpc) is 2.80. The summed E-state index contributed by atoms with van der Waals surface area (Å²) in [6.07, 6.45) is 6.50. The zero-order valence-corrected chi connectivity index (χ0v) is 17.1. The third-order valence-corrected chi connectivity index (χ3v) is 5.41. The quantitative estimate of drug-likeness (QED) is 0.473. The summed E-state index contributed by atoms with van der Waals surface area (Å²) in [5, 5.41) is 4.50. The minimum atomic E-state index is -0.229. The first-order valence-corrected chi connectivity index (χ1v) is 10.3. The lowest BCUT2D eigenvalue weighted by molar-refractivity contribution is 0.104. The number of rotatable bonds is 5. The maximum atomic E-state index is 13.4. The van der Waals surface area contributed by atoms with Gasteiger partial charge in [0.1, 0.15) is 11.4 Å². The van der Waals surface area contributed by atoms with Gasteiger partial charge < -0.3 is 4.90 Å². The first-order chi connectivity index (χ1) is 14.6. The Labute approximate surface area is 176 Å². The molecule has 0 radical (unpaired) electrons. The van der Waals surface area contributed by atoms with E-state index in [-0.39, 0.29) is 11.3 Å². The summed E-state index contributed by atoms with van der Waals surface area (Å²) in [7, 11) is 1.65. The molecular weight excluding hydrogens is 374 g/mol. The molecule has 0 amide bonds. The maximum absolute atomic E-state index is 13.4. The molecule has 0 unspecified atom stereocenters. The van der Waals surface area contributed by atoms with E-state index >= 15 is 0 Å². The lowest BCUT2D eigenvalue weighted by Gasteiger charge is -2.30. The van der Waals surface area contributed by atoms with Crippen LogP contribution in [0.1, 0.15) is 35.2 Å². The van der Waals surface area contributed by atoms with E-state index in [9.17, 15) is 9.59 Å². The van der Waals surface area contributed by atoms with Crippen molar-refractivity contribution in [2.75, 3.05) is 18.0 Å². The van der Waals surface area contributed by atoms with Crippen LogP contribution in [0, 0.1) is 0 Å². The number of benzene rings is 2. The Hall–Kier alpha value is -3.47. The summed E-state index contributed by atoms with van der Waals surface area (Å²) in [5.41, 5.74) is 2.92. The fourth-order valence-corrected chi connectivity index (χ4v) is 3.88. The number of aromatic nitrogens is 2. The number of nitrogens with zero attached hydrogens (tertiary/aromatic N) is 3. The van der Waals surface area contributed by atoms with Crippen LogP contribution >= 0.6 is 0 Å². The van der Waals surface area contributed by atoms with Crippen LogP contribution in [0.3, 0.4) is 0 Å². The molecule has 5 heteroatoms. The second-order valence-electron chi connectivity index (χ2n) is 7.52. The monoisotopic (exact) mass is 399 g/mol. The summed E-state index contributed by atoms with van der Waals surface area (Å²) >= 11 is 0. The van der Waals surface area contributed by atoms with Crippen molar-refractivity contribution in [2.24, 2.45) is 7.05 Å². The van der Waals surface area contributed by atoms with E-state index in [2.05, 4.69) is 10.00 Å². The first kappa shape index (κ1) is 19.8. The Morgan fingerprint density at radius 1 is 0.933 bits per heavy atom. The standard InChI is InChI=1S/C25H25N3O2/c1-27-25(30)24(28-17-9-4-10-18-28)22(23(26-27)20-13-7-3-8-14-20)21(29)16-15-19-11-5-2-6-12-19/h2-3,5-8,11-16H,4,9-10,17-18H2,1H3/b16-15-. The zero-order chi connectivity index (χ0) is 20.9. The summed E-state index contributed by atoms with van der Waals surface area (Å²) in [4.78, 5) is 28.6.